The molecule has 0 saturated heterocycles. The molecular formula is C25H20ClN5O4. The van der Waals surface area contributed by atoms with Crippen LogP contribution < -0.4 is 10.2 Å². The predicted molar refractivity (Wildman–Crippen MR) is 133 cm³/mol. The lowest BCUT2D eigenvalue weighted by Gasteiger charge is -2.07. The molecular weight excluding hydrogens is 470 g/mol. The zero-order valence-corrected chi connectivity index (χ0v) is 19.3. The summed E-state index contributed by atoms with van der Waals surface area (Å²) < 4.78 is 5.79. The first-order chi connectivity index (χ1) is 16.9. The number of carbonyl (C=O) groups excluding carboxylic acids is 1. The van der Waals surface area contributed by atoms with Crippen LogP contribution in [0, 0.1) is 10.1 Å². The van der Waals surface area contributed by atoms with Crippen LogP contribution in [0.5, 0.6) is 5.75 Å². The SMILES string of the molecule is C/C(=N/NC(=O)c1cc(-c2ccc(OCc3ccc(Cl)cc3)cc2)n[nH]1)c1ccc([N+](=O)[O-])cc1. The van der Waals surface area contributed by atoms with Gasteiger partial charge in [-0.25, -0.2) is 5.43 Å². The Balaban J connectivity index is 1.35. The zero-order chi connectivity index (χ0) is 24.8. The van der Waals surface area contributed by atoms with Gasteiger partial charge >= 0.3 is 0 Å². The Kier molecular flexibility index (Phi) is 7.18. The molecule has 4 rings (SSSR count). The minimum absolute atomic E-state index is 0.0169. The number of hydrazone groups is 1. The molecule has 0 atom stereocenters. The average Bonchev–Trinajstić information content (AvgIpc) is 3.37. The van der Waals surface area contributed by atoms with E-state index in [9.17, 15) is 14.9 Å². The average molecular weight is 490 g/mol. The largest absolute Gasteiger partial charge is 0.489 e. The van der Waals surface area contributed by atoms with Crippen molar-refractivity contribution in [2.75, 3.05) is 0 Å². The molecule has 0 aliphatic carbocycles. The summed E-state index contributed by atoms with van der Waals surface area (Å²) >= 11 is 5.90. The fraction of sp³-hybridized carbons (Fsp3) is 0.0800. The Morgan fingerprint density at radius 1 is 1.09 bits per heavy atom. The fourth-order valence-corrected chi connectivity index (χ4v) is 3.26. The van der Waals surface area contributed by atoms with E-state index in [-0.39, 0.29) is 11.4 Å². The maximum atomic E-state index is 12.5. The van der Waals surface area contributed by atoms with Crippen LogP contribution in [0.4, 0.5) is 5.69 Å². The molecule has 2 N–H and O–H groups in total. The van der Waals surface area contributed by atoms with Gasteiger partial charge in [0.05, 0.1) is 16.3 Å². The number of carbonyl (C=O) groups is 1. The van der Waals surface area contributed by atoms with Crippen molar-refractivity contribution in [1.29, 1.82) is 0 Å². The molecule has 1 amide bonds. The van der Waals surface area contributed by atoms with E-state index in [4.69, 9.17) is 16.3 Å². The van der Waals surface area contributed by atoms with E-state index in [0.29, 0.717) is 34.3 Å². The standard InChI is InChI=1S/C25H20ClN5O4/c1-16(18-4-10-21(11-5-18)31(33)34)27-30-25(32)24-14-23(28-29-24)19-6-12-22(13-7-19)35-15-17-2-8-20(26)9-3-17/h2-14H,15H2,1H3,(H,28,29)(H,30,32)/b27-16-. The summed E-state index contributed by atoms with van der Waals surface area (Å²) in [4.78, 5) is 22.7. The summed E-state index contributed by atoms with van der Waals surface area (Å²) in [5.74, 6) is 0.237. The van der Waals surface area contributed by atoms with Gasteiger partial charge in [0.1, 0.15) is 18.1 Å². The summed E-state index contributed by atoms with van der Waals surface area (Å²) in [5.41, 5.74) is 6.25. The topological polar surface area (TPSA) is 123 Å². The molecule has 0 unspecified atom stereocenters. The molecule has 4 aromatic rings. The van der Waals surface area contributed by atoms with Crippen molar-refractivity contribution in [1.82, 2.24) is 15.6 Å². The van der Waals surface area contributed by atoms with Crippen LogP contribution in [-0.2, 0) is 6.61 Å². The molecule has 0 bridgehead atoms. The van der Waals surface area contributed by atoms with Gasteiger partial charge in [-0.15, -0.1) is 0 Å². The third-order valence-corrected chi connectivity index (χ3v) is 5.36. The number of amides is 1. The van der Waals surface area contributed by atoms with Gasteiger partial charge in [0.15, 0.2) is 0 Å². The van der Waals surface area contributed by atoms with Crippen LogP contribution in [0.1, 0.15) is 28.5 Å². The number of aromatic nitrogens is 2. The Labute approximate surface area is 205 Å². The number of nitro benzene ring substituents is 1. The third-order valence-electron chi connectivity index (χ3n) is 5.11. The highest BCUT2D eigenvalue weighted by Crippen LogP contribution is 2.22. The van der Waals surface area contributed by atoms with Crippen LogP contribution >= 0.6 is 11.6 Å². The number of nitro groups is 1. The maximum absolute atomic E-state index is 12.5. The molecule has 0 spiro atoms. The molecule has 0 saturated carbocycles. The normalized spacial score (nSPS) is 11.2. The lowest BCUT2D eigenvalue weighted by molar-refractivity contribution is -0.384. The first kappa shape index (κ1) is 23.7. The Morgan fingerprint density at radius 3 is 2.43 bits per heavy atom. The summed E-state index contributed by atoms with van der Waals surface area (Å²) in [7, 11) is 0. The second-order valence-corrected chi connectivity index (χ2v) is 7.98. The van der Waals surface area contributed by atoms with E-state index in [2.05, 4.69) is 20.7 Å². The fourth-order valence-electron chi connectivity index (χ4n) is 3.14. The van der Waals surface area contributed by atoms with Crippen LogP contribution in [0.15, 0.2) is 84.0 Å². The smallest absolute Gasteiger partial charge is 0.289 e. The molecule has 35 heavy (non-hydrogen) atoms. The number of H-pyrrole nitrogens is 1. The molecule has 0 fully saturated rings. The van der Waals surface area contributed by atoms with Gasteiger partial charge in [-0.2, -0.15) is 10.2 Å². The van der Waals surface area contributed by atoms with Crippen molar-refractivity contribution in [2.24, 2.45) is 5.10 Å². The van der Waals surface area contributed by atoms with Gasteiger partial charge in [-0.05, 0) is 72.6 Å². The molecule has 0 radical (unpaired) electrons. The lowest BCUT2D eigenvalue weighted by atomic mass is 10.1. The molecule has 0 aliphatic heterocycles. The number of hydrogen-bond acceptors (Lipinski definition) is 6. The highest BCUT2D eigenvalue weighted by atomic mass is 35.5. The quantitative estimate of drug-likeness (QED) is 0.195. The van der Waals surface area contributed by atoms with Gasteiger partial charge in [0.2, 0.25) is 0 Å². The van der Waals surface area contributed by atoms with Crippen molar-refractivity contribution >= 4 is 28.9 Å². The minimum atomic E-state index is -0.476. The predicted octanol–water partition coefficient (Wildman–Crippen LogP) is 5.37. The first-order valence-corrected chi connectivity index (χ1v) is 10.9. The number of ether oxygens (including phenoxy) is 1. The Bertz CT molecular complexity index is 1360. The van der Waals surface area contributed by atoms with Crippen LogP contribution in [0.2, 0.25) is 5.02 Å². The lowest BCUT2D eigenvalue weighted by Crippen LogP contribution is -2.19. The molecule has 1 heterocycles. The van der Waals surface area contributed by atoms with E-state index < -0.39 is 10.8 Å². The minimum Gasteiger partial charge on any atom is -0.489 e. The first-order valence-electron chi connectivity index (χ1n) is 10.5. The molecule has 176 valence electrons. The third kappa shape index (κ3) is 6.10. The van der Waals surface area contributed by atoms with E-state index in [0.717, 1.165) is 11.1 Å². The Hall–Kier alpha value is -4.50. The number of rotatable bonds is 8. The van der Waals surface area contributed by atoms with Gasteiger partial charge in [0, 0.05) is 22.7 Å². The van der Waals surface area contributed by atoms with Crippen molar-refractivity contribution in [2.45, 2.75) is 13.5 Å². The monoisotopic (exact) mass is 489 g/mol. The number of halogens is 1. The summed E-state index contributed by atoms with van der Waals surface area (Å²) in [6.45, 7) is 2.11. The number of benzene rings is 3. The molecule has 9 nitrogen and oxygen atoms in total. The van der Waals surface area contributed by atoms with E-state index in [1.54, 1.807) is 25.1 Å². The highest BCUT2D eigenvalue weighted by molar-refractivity contribution is 6.30. The highest BCUT2D eigenvalue weighted by Gasteiger charge is 2.12. The van der Waals surface area contributed by atoms with Crippen LogP contribution in [-0.4, -0.2) is 26.7 Å². The van der Waals surface area contributed by atoms with Gasteiger partial charge in [-0.3, -0.25) is 20.0 Å². The number of nitrogens with one attached hydrogen (secondary N) is 2. The van der Waals surface area contributed by atoms with Crippen molar-refractivity contribution in [3.05, 3.63) is 111 Å². The summed E-state index contributed by atoms with van der Waals surface area (Å²) in [5, 5.41) is 22.4. The molecule has 10 heteroatoms. The number of hydrogen-bond donors (Lipinski definition) is 2. The van der Waals surface area contributed by atoms with Crippen molar-refractivity contribution in [3.63, 3.8) is 0 Å². The van der Waals surface area contributed by atoms with Gasteiger partial charge in [0.25, 0.3) is 11.6 Å². The summed E-state index contributed by atoms with van der Waals surface area (Å²) in [6, 6.07) is 22.3. The van der Waals surface area contributed by atoms with Crippen molar-refractivity contribution in [3.8, 4) is 17.0 Å². The Morgan fingerprint density at radius 2 is 1.77 bits per heavy atom. The maximum Gasteiger partial charge on any atom is 0.289 e. The van der Waals surface area contributed by atoms with Crippen LogP contribution in [0.25, 0.3) is 11.3 Å². The number of nitrogens with zero attached hydrogens (tertiary/aromatic N) is 3. The van der Waals surface area contributed by atoms with Crippen LogP contribution in [0.3, 0.4) is 0 Å². The molecule has 1 aromatic heterocycles. The molecule has 3 aromatic carbocycles. The zero-order valence-electron chi connectivity index (χ0n) is 18.6. The van der Waals surface area contributed by atoms with E-state index in [1.807, 2.05) is 48.5 Å². The molecule has 0 aliphatic rings. The van der Waals surface area contributed by atoms with E-state index >= 15 is 0 Å². The summed E-state index contributed by atoms with van der Waals surface area (Å²) in [6.07, 6.45) is 0. The second-order valence-electron chi connectivity index (χ2n) is 7.55. The van der Waals surface area contributed by atoms with E-state index in [1.165, 1.54) is 12.1 Å². The second kappa shape index (κ2) is 10.6. The van der Waals surface area contributed by atoms with Gasteiger partial charge < -0.3 is 4.74 Å². The number of non-ortho nitro benzene ring substituents is 1. The van der Waals surface area contributed by atoms with Gasteiger partial charge in [-0.1, -0.05) is 23.7 Å². The number of aromatic amines is 1. The van der Waals surface area contributed by atoms with Crippen molar-refractivity contribution < 1.29 is 14.5 Å².